The molecule has 3 N–H and O–H groups in total. The standard InChI is InChI=1S/C15H26N4O2/c1-3-20-9-7-19(8-10-21-4-2)12-13-5-6-18-14(11-13)15(16)17/h5-6,11H,3-4,7-10,12H2,1-2H3,(H3,16,17). The molecule has 1 heterocycles. The van der Waals surface area contributed by atoms with Crippen molar-refractivity contribution >= 4 is 5.84 Å². The summed E-state index contributed by atoms with van der Waals surface area (Å²) in [7, 11) is 0. The lowest BCUT2D eigenvalue weighted by molar-refractivity contribution is 0.0798. The molecule has 0 radical (unpaired) electrons. The molecular formula is C15H26N4O2. The van der Waals surface area contributed by atoms with Crippen LogP contribution in [0.15, 0.2) is 18.3 Å². The molecule has 6 heteroatoms. The van der Waals surface area contributed by atoms with Gasteiger partial charge in [-0.2, -0.15) is 0 Å². The van der Waals surface area contributed by atoms with Crippen molar-refractivity contribution in [2.75, 3.05) is 39.5 Å². The second-order valence-corrected chi connectivity index (χ2v) is 4.63. The SMILES string of the molecule is CCOCCN(CCOCC)Cc1ccnc(C(=N)N)c1. The van der Waals surface area contributed by atoms with Crippen LogP contribution in [0, 0.1) is 5.41 Å². The Bertz CT molecular complexity index is 416. The topological polar surface area (TPSA) is 84.5 Å². The summed E-state index contributed by atoms with van der Waals surface area (Å²) in [4.78, 5) is 6.35. The predicted molar refractivity (Wildman–Crippen MR) is 83.5 cm³/mol. The summed E-state index contributed by atoms with van der Waals surface area (Å²) in [6, 6.07) is 3.80. The van der Waals surface area contributed by atoms with Crippen molar-refractivity contribution in [2.45, 2.75) is 20.4 Å². The fraction of sp³-hybridized carbons (Fsp3) is 0.600. The minimum absolute atomic E-state index is 0.00738. The van der Waals surface area contributed by atoms with Crippen LogP contribution in [-0.2, 0) is 16.0 Å². The molecular weight excluding hydrogens is 268 g/mol. The molecule has 0 bridgehead atoms. The Morgan fingerprint density at radius 2 is 1.86 bits per heavy atom. The van der Waals surface area contributed by atoms with Crippen molar-refractivity contribution < 1.29 is 9.47 Å². The van der Waals surface area contributed by atoms with Gasteiger partial charge in [0.05, 0.1) is 13.2 Å². The molecule has 0 aliphatic rings. The highest BCUT2D eigenvalue weighted by Gasteiger charge is 2.08. The molecule has 1 rings (SSSR count). The minimum atomic E-state index is -0.00738. The molecule has 0 aliphatic heterocycles. The van der Waals surface area contributed by atoms with Crippen LogP contribution in [0.4, 0.5) is 0 Å². The first kappa shape index (κ1) is 17.6. The first-order chi connectivity index (χ1) is 10.2. The largest absolute Gasteiger partial charge is 0.382 e. The van der Waals surface area contributed by atoms with Gasteiger partial charge in [0.1, 0.15) is 11.5 Å². The number of pyridine rings is 1. The van der Waals surface area contributed by atoms with Crippen LogP contribution in [0.1, 0.15) is 25.1 Å². The van der Waals surface area contributed by atoms with Gasteiger partial charge in [-0.3, -0.25) is 15.3 Å². The molecule has 118 valence electrons. The molecule has 0 fully saturated rings. The third-order valence-electron chi connectivity index (χ3n) is 3.02. The van der Waals surface area contributed by atoms with Crippen molar-refractivity contribution in [3.8, 4) is 0 Å². The van der Waals surface area contributed by atoms with Crippen molar-refractivity contribution in [1.82, 2.24) is 9.88 Å². The highest BCUT2D eigenvalue weighted by atomic mass is 16.5. The van der Waals surface area contributed by atoms with Crippen molar-refractivity contribution in [2.24, 2.45) is 5.73 Å². The number of hydrogen-bond donors (Lipinski definition) is 2. The summed E-state index contributed by atoms with van der Waals surface area (Å²) in [6.45, 7) is 9.30. The van der Waals surface area contributed by atoms with Crippen LogP contribution < -0.4 is 5.73 Å². The molecule has 0 atom stereocenters. The smallest absolute Gasteiger partial charge is 0.141 e. The van der Waals surface area contributed by atoms with E-state index in [0.717, 1.165) is 38.4 Å². The summed E-state index contributed by atoms with van der Waals surface area (Å²) >= 11 is 0. The van der Waals surface area contributed by atoms with E-state index in [1.807, 2.05) is 26.0 Å². The summed E-state index contributed by atoms with van der Waals surface area (Å²) in [5.74, 6) is -0.00738. The molecule has 0 saturated heterocycles. The number of hydrogen-bond acceptors (Lipinski definition) is 5. The number of nitrogens with zero attached hydrogens (tertiary/aromatic N) is 2. The van der Waals surface area contributed by atoms with Crippen LogP contribution in [0.2, 0.25) is 0 Å². The minimum Gasteiger partial charge on any atom is -0.382 e. The Morgan fingerprint density at radius 1 is 1.24 bits per heavy atom. The fourth-order valence-corrected chi connectivity index (χ4v) is 1.92. The van der Waals surface area contributed by atoms with Crippen LogP contribution in [-0.4, -0.2) is 55.2 Å². The fourth-order valence-electron chi connectivity index (χ4n) is 1.92. The third kappa shape index (κ3) is 7.17. The summed E-state index contributed by atoms with van der Waals surface area (Å²) in [6.07, 6.45) is 1.69. The van der Waals surface area contributed by atoms with Gasteiger partial charge in [0.2, 0.25) is 0 Å². The lowest BCUT2D eigenvalue weighted by Gasteiger charge is -2.22. The zero-order valence-electron chi connectivity index (χ0n) is 13.0. The number of amidine groups is 1. The van der Waals surface area contributed by atoms with E-state index < -0.39 is 0 Å². The molecule has 21 heavy (non-hydrogen) atoms. The number of nitrogens with two attached hydrogens (primary N) is 1. The van der Waals surface area contributed by atoms with Crippen molar-refractivity contribution in [1.29, 1.82) is 5.41 Å². The number of rotatable bonds is 11. The van der Waals surface area contributed by atoms with E-state index in [1.165, 1.54) is 0 Å². The first-order valence-corrected chi connectivity index (χ1v) is 7.34. The van der Waals surface area contributed by atoms with Gasteiger partial charge in [0.25, 0.3) is 0 Å². The van der Waals surface area contributed by atoms with E-state index in [0.29, 0.717) is 18.9 Å². The van der Waals surface area contributed by atoms with Crippen molar-refractivity contribution in [3.05, 3.63) is 29.6 Å². The average molecular weight is 294 g/mol. The number of nitrogens with one attached hydrogen (secondary N) is 1. The molecule has 6 nitrogen and oxygen atoms in total. The van der Waals surface area contributed by atoms with E-state index in [4.69, 9.17) is 20.6 Å². The third-order valence-corrected chi connectivity index (χ3v) is 3.02. The molecule has 0 spiro atoms. The van der Waals surface area contributed by atoms with Crippen LogP contribution in [0.25, 0.3) is 0 Å². The second kappa shape index (κ2) is 10.3. The Hall–Kier alpha value is -1.50. The highest BCUT2D eigenvalue weighted by Crippen LogP contribution is 2.06. The Morgan fingerprint density at radius 3 is 2.38 bits per heavy atom. The van der Waals surface area contributed by atoms with Gasteiger partial charge in [-0.25, -0.2) is 0 Å². The van der Waals surface area contributed by atoms with Crippen LogP contribution in [0.5, 0.6) is 0 Å². The maximum atomic E-state index is 7.45. The number of ether oxygens (including phenoxy) is 2. The molecule has 0 unspecified atom stereocenters. The van der Waals surface area contributed by atoms with Gasteiger partial charge in [0, 0.05) is 39.0 Å². The van der Waals surface area contributed by atoms with Gasteiger partial charge in [-0.15, -0.1) is 0 Å². The quantitative estimate of drug-likeness (QED) is 0.364. The molecule has 0 saturated carbocycles. The van der Waals surface area contributed by atoms with E-state index in [2.05, 4.69) is 9.88 Å². The van der Waals surface area contributed by atoms with Gasteiger partial charge in [-0.1, -0.05) is 0 Å². The first-order valence-electron chi connectivity index (χ1n) is 7.34. The molecule has 0 amide bonds. The van der Waals surface area contributed by atoms with E-state index in [9.17, 15) is 0 Å². The monoisotopic (exact) mass is 294 g/mol. The maximum absolute atomic E-state index is 7.45. The predicted octanol–water partition coefficient (Wildman–Crippen LogP) is 1.24. The van der Waals surface area contributed by atoms with Crippen LogP contribution in [0.3, 0.4) is 0 Å². The summed E-state index contributed by atoms with van der Waals surface area (Å²) in [5, 5.41) is 7.45. The lowest BCUT2D eigenvalue weighted by atomic mass is 10.2. The normalized spacial score (nSPS) is 11.0. The molecule has 0 aliphatic carbocycles. The number of aromatic nitrogens is 1. The van der Waals surface area contributed by atoms with Crippen molar-refractivity contribution in [3.63, 3.8) is 0 Å². The van der Waals surface area contributed by atoms with Crippen LogP contribution >= 0.6 is 0 Å². The van der Waals surface area contributed by atoms with Gasteiger partial charge in [0.15, 0.2) is 0 Å². The van der Waals surface area contributed by atoms with E-state index >= 15 is 0 Å². The van der Waals surface area contributed by atoms with Gasteiger partial charge in [-0.05, 0) is 31.5 Å². The van der Waals surface area contributed by atoms with E-state index in [1.54, 1.807) is 6.20 Å². The summed E-state index contributed by atoms with van der Waals surface area (Å²) in [5.41, 5.74) is 7.08. The molecule has 1 aromatic heterocycles. The van der Waals surface area contributed by atoms with E-state index in [-0.39, 0.29) is 5.84 Å². The zero-order chi connectivity index (χ0) is 15.5. The Kier molecular flexibility index (Phi) is 8.57. The molecule has 0 aromatic carbocycles. The Balaban J connectivity index is 2.60. The Labute approximate surface area is 126 Å². The maximum Gasteiger partial charge on any atom is 0.141 e. The number of nitrogen functional groups attached to an aromatic ring is 1. The molecule has 1 aromatic rings. The highest BCUT2D eigenvalue weighted by molar-refractivity contribution is 5.93. The zero-order valence-corrected chi connectivity index (χ0v) is 13.0. The second-order valence-electron chi connectivity index (χ2n) is 4.63. The van der Waals surface area contributed by atoms with Gasteiger partial charge >= 0.3 is 0 Å². The summed E-state index contributed by atoms with van der Waals surface area (Å²) < 4.78 is 10.8. The average Bonchev–Trinajstić information content (AvgIpc) is 2.48. The van der Waals surface area contributed by atoms with Gasteiger partial charge < -0.3 is 15.2 Å². The lowest BCUT2D eigenvalue weighted by Crippen LogP contribution is -2.31.